The summed E-state index contributed by atoms with van der Waals surface area (Å²) in [4.78, 5) is 12.8. The first-order valence-electron chi connectivity index (χ1n) is 10.1. The first-order chi connectivity index (χ1) is 15.0. The number of carbonyl (C=O) groups is 1. The van der Waals surface area contributed by atoms with E-state index in [1.807, 2.05) is 40.5 Å². The van der Waals surface area contributed by atoms with Crippen LogP contribution in [-0.2, 0) is 14.8 Å². The second-order valence-corrected chi connectivity index (χ2v) is 10.2. The van der Waals surface area contributed by atoms with E-state index in [2.05, 4.69) is 10.7 Å². The van der Waals surface area contributed by atoms with Crippen LogP contribution in [0.5, 0.6) is 5.75 Å². The fourth-order valence-electron chi connectivity index (χ4n) is 3.82. The maximum absolute atomic E-state index is 12.8. The number of nitrogens with zero attached hydrogens (tertiary/aromatic N) is 2. The van der Waals surface area contributed by atoms with Crippen LogP contribution in [0.4, 0.5) is 11.4 Å². The zero-order valence-electron chi connectivity index (χ0n) is 17.2. The number of nitrogens with one attached hydrogen (secondary N) is 1. The van der Waals surface area contributed by atoms with Crippen molar-refractivity contribution in [3.05, 3.63) is 65.1 Å². The molecular formula is C22H25N3O4S2. The first-order valence-corrected chi connectivity index (χ1v) is 12.7. The summed E-state index contributed by atoms with van der Waals surface area (Å²) in [5.41, 5.74) is 2.15. The van der Waals surface area contributed by atoms with E-state index in [4.69, 9.17) is 4.74 Å². The standard InChI is InChI=1S/C22H25N3O4S2/c1-29-21-14-18(6-7-19(21)25-11-4-5-13-31(25,27)28)23-22(26)15-20(17-8-12-30-16-17)24-9-2-3-10-24/h2-3,6-10,12,14,16,20H,4-5,11,13,15H2,1H3,(H,23,26)/t20-/m1/s1. The van der Waals surface area contributed by atoms with Crippen LogP contribution in [-0.4, -0.2) is 38.3 Å². The summed E-state index contributed by atoms with van der Waals surface area (Å²) in [6, 6.07) is 10.9. The summed E-state index contributed by atoms with van der Waals surface area (Å²) in [6.45, 7) is 0.434. The molecule has 164 valence electrons. The van der Waals surface area contributed by atoms with Gasteiger partial charge in [-0.15, -0.1) is 0 Å². The minimum absolute atomic E-state index is 0.0964. The Morgan fingerprint density at radius 3 is 2.71 bits per heavy atom. The Balaban J connectivity index is 1.52. The lowest BCUT2D eigenvalue weighted by atomic mass is 10.1. The van der Waals surface area contributed by atoms with Crippen LogP contribution in [0, 0.1) is 0 Å². The highest BCUT2D eigenvalue weighted by Crippen LogP contribution is 2.35. The Bertz CT molecular complexity index is 1090. The van der Waals surface area contributed by atoms with Gasteiger partial charge < -0.3 is 14.6 Å². The monoisotopic (exact) mass is 459 g/mol. The number of aromatic nitrogens is 1. The van der Waals surface area contributed by atoms with Crippen molar-refractivity contribution >= 4 is 38.6 Å². The molecule has 0 spiro atoms. The van der Waals surface area contributed by atoms with Gasteiger partial charge in [-0.25, -0.2) is 8.42 Å². The molecule has 4 rings (SSSR count). The molecular weight excluding hydrogens is 434 g/mol. The maximum Gasteiger partial charge on any atom is 0.235 e. The largest absolute Gasteiger partial charge is 0.494 e. The van der Waals surface area contributed by atoms with Crippen LogP contribution in [0.15, 0.2) is 59.6 Å². The van der Waals surface area contributed by atoms with Crippen molar-refractivity contribution in [3.8, 4) is 5.75 Å². The number of methoxy groups -OCH3 is 1. The van der Waals surface area contributed by atoms with E-state index in [1.54, 1.807) is 29.5 Å². The zero-order chi connectivity index (χ0) is 21.8. The highest BCUT2D eigenvalue weighted by Gasteiger charge is 2.28. The number of carbonyl (C=O) groups excluding carboxylic acids is 1. The minimum Gasteiger partial charge on any atom is -0.494 e. The SMILES string of the molecule is COc1cc(NC(=O)C[C@H](c2ccsc2)n2cccc2)ccc1N1CCCCS1(=O)=O. The Kier molecular flexibility index (Phi) is 6.33. The van der Waals surface area contributed by atoms with E-state index < -0.39 is 10.0 Å². The normalized spacial score (nSPS) is 16.6. The predicted octanol–water partition coefficient (Wildman–Crippen LogP) is 4.11. The van der Waals surface area contributed by atoms with E-state index in [0.29, 0.717) is 30.1 Å². The van der Waals surface area contributed by atoms with Crippen LogP contribution in [0.3, 0.4) is 0 Å². The highest BCUT2D eigenvalue weighted by atomic mass is 32.2. The molecule has 2 aromatic heterocycles. The van der Waals surface area contributed by atoms with Crippen LogP contribution in [0.1, 0.15) is 30.9 Å². The topological polar surface area (TPSA) is 80.6 Å². The summed E-state index contributed by atoms with van der Waals surface area (Å²) >= 11 is 1.60. The molecule has 0 bridgehead atoms. The smallest absolute Gasteiger partial charge is 0.235 e. The van der Waals surface area contributed by atoms with Crippen LogP contribution >= 0.6 is 11.3 Å². The minimum atomic E-state index is -3.35. The Morgan fingerprint density at radius 2 is 2.03 bits per heavy atom. The number of ether oxygens (including phenoxy) is 1. The van der Waals surface area contributed by atoms with E-state index in [1.165, 1.54) is 11.4 Å². The Labute approximate surface area is 186 Å². The van der Waals surface area contributed by atoms with Gasteiger partial charge in [-0.05, 0) is 59.5 Å². The lowest BCUT2D eigenvalue weighted by Crippen LogP contribution is -2.38. The van der Waals surface area contributed by atoms with Gasteiger partial charge in [0.2, 0.25) is 15.9 Å². The van der Waals surface area contributed by atoms with Gasteiger partial charge in [-0.1, -0.05) is 0 Å². The van der Waals surface area contributed by atoms with Gasteiger partial charge in [0.25, 0.3) is 0 Å². The number of hydrogen-bond acceptors (Lipinski definition) is 5. The van der Waals surface area contributed by atoms with Gasteiger partial charge in [-0.2, -0.15) is 11.3 Å². The molecule has 0 unspecified atom stereocenters. The second kappa shape index (κ2) is 9.15. The fourth-order valence-corrected chi connectivity index (χ4v) is 6.18. The van der Waals surface area contributed by atoms with Gasteiger partial charge >= 0.3 is 0 Å². The molecule has 3 heterocycles. The number of hydrogen-bond donors (Lipinski definition) is 1. The van der Waals surface area contributed by atoms with E-state index >= 15 is 0 Å². The Hall–Kier alpha value is -2.78. The van der Waals surface area contributed by atoms with Gasteiger partial charge in [-0.3, -0.25) is 9.10 Å². The molecule has 0 aliphatic carbocycles. The molecule has 3 aromatic rings. The van der Waals surface area contributed by atoms with Gasteiger partial charge in [0.1, 0.15) is 5.75 Å². The molecule has 0 saturated carbocycles. The predicted molar refractivity (Wildman–Crippen MR) is 123 cm³/mol. The third-order valence-corrected chi connectivity index (χ3v) is 7.93. The molecule has 1 amide bonds. The van der Waals surface area contributed by atoms with Crippen molar-refractivity contribution in [1.82, 2.24) is 4.57 Å². The zero-order valence-corrected chi connectivity index (χ0v) is 18.9. The van der Waals surface area contributed by atoms with Crippen molar-refractivity contribution in [1.29, 1.82) is 0 Å². The average molecular weight is 460 g/mol. The lowest BCUT2D eigenvalue weighted by Gasteiger charge is -2.29. The maximum atomic E-state index is 12.8. The van der Waals surface area contributed by atoms with Crippen molar-refractivity contribution < 1.29 is 17.9 Å². The van der Waals surface area contributed by atoms with Gasteiger partial charge in [0, 0.05) is 30.7 Å². The summed E-state index contributed by atoms with van der Waals surface area (Å²) in [5, 5.41) is 6.98. The first kappa shape index (κ1) is 21.5. The summed E-state index contributed by atoms with van der Waals surface area (Å²) in [5.74, 6) is 0.422. The quantitative estimate of drug-likeness (QED) is 0.577. The van der Waals surface area contributed by atoms with Crippen LogP contribution in [0.2, 0.25) is 0 Å². The fraction of sp³-hybridized carbons (Fsp3) is 0.318. The lowest BCUT2D eigenvalue weighted by molar-refractivity contribution is -0.116. The highest BCUT2D eigenvalue weighted by molar-refractivity contribution is 7.92. The van der Waals surface area contributed by atoms with Crippen molar-refractivity contribution in [2.75, 3.05) is 29.0 Å². The molecule has 1 saturated heterocycles. The molecule has 1 N–H and O–H groups in total. The Morgan fingerprint density at radius 1 is 1.23 bits per heavy atom. The molecule has 1 atom stereocenters. The molecule has 1 aliphatic heterocycles. The number of amides is 1. The molecule has 0 radical (unpaired) electrons. The number of sulfonamides is 1. The third kappa shape index (κ3) is 4.77. The van der Waals surface area contributed by atoms with E-state index in [9.17, 15) is 13.2 Å². The summed E-state index contributed by atoms with van der Waals surface area (Å²) in [7, 11) is -1.85. The molecule has 1 aromatic carbocycles. The summed E-state index contributed by atoms with van der Waals surface area (Å²) < 4.78 is 33.8. The van der Waals surface area contributed by atoms with Crippen molar-refractivity contribution in [2.45, 2.75) is 25.3 Å². The molecule has 7 nitrogen and oxygen atoms in total. The molecule has 31 heavy (non-hydrogen) atoms. The van der Waals surface area contributed by atoms with Gasteiger partial charge in [0.05, 0.1) is 31.0 Å². The molecule has 9 heteroatoms. The number of anilines is 2. The van der Waals surface area contributed by atoms with E-state index in [-0.39, 0.29) is 24.1 Å². The van der Waals surface area contributed by atoms with Crippen molar-refractivity contribution in [3.63, 3.8) is 0 Å². The van der Waals surface area contributed by atoms with Crippen molar-refractivity contribution in [2.24, 2.45) is 0 Å². The number of thiophene rings is 1. The number of rotatable bonds is 7. The van der Waals surface area contributed by atoms with Crippen LogP contribution in [0.25, 0.3) is 0 Å². The molecule has 1 fully saturated rings. The summed E-state index contributed by atoms with van der Waals surface area (Å²) in [6.07, 6.45) is 5.65. The number of benzene rings is 1. The van der Waals surface area contributed by atoms with E-state index in [0.717, 1.165) is 12.0 Å². The van der Waals surface area contributed by atoms with Gasteiger partial charge in [0.15, 0.2) is 0 Å². The average Bonchev–Trinajstić information content (AvgIpc) is 3.46. The molecule has 1 aliphatic rings. The van der Waals surface area contributed by atoms with Crippen LogP contribution < -0.4 is 14.4 Å². The second-order valence-electron chi connectivity index (χ2n) is 7.44. The third-order valence-electron chi connectivity index (χ3n) is 5.38.